The predicted octanol–water partition coefficient (Wildman–Crippen LogP) is 3.23. The van der Waals surface area contributed by atoms with Crippen molar-refractivity contribution in [2.45, 2.75) is 37.6 Å². The molecule has 1 aliphatic carbocycles. The van der Waals surface area contributed by atoms with Crippen molar-refractivity contribution in [2.75, 3.05) is 13.2 Å². The van der Waals surface area contributed by atoms with Crippen LogP contribution in [0.2, 0.25) is 0 Å². The minimum atomic E-state index is -5.68. The number of hydrogen-bond donors (Lipinski definition) is 0. The topological polar surface area (TPSA) is 69.7 Å². The van der Waals surface area contributed by atoms with Crippen LogP contribution in [-0.2, 0) is 21.3 Å². The summed E-state index contributed by atoms with van der Waals surface area (Å²) in [5.41, 5.74) is -4.56. The average Bonchev–Trinajstić information content (AvgIpc) is 3.05. The quantitative estimate of drug-likeness (QED) is 0.594. The van der Waals surface area contributed by atoms with Gasteiger partial charge in [-0.2, -0.15) is 21.6 Å². The molecular formula is C15H17F3O5S. The molecule has 1 saturated heterocycles. The Balaban J connectivity index is 0.000000355. The Hall–Kier alpha value is -1.61. The molecule has 0 spiro atoms. The average molecular weight is 366 g/mol. The fraction of sp³-hybridized carbons (Fsp3) is 0.533. The van der Waals surface area contributed by atoms with Gasteiger partial charge in [-0.05, 0) is 49.4 Å². The summed E-state index contributed by atoms with van der Waals surface area (Å²) in [6.07, 6.45) is 4.03. The number of alkyl halides is 3. The highest BCUT2D eigenvalue weighted by molar-refractivity contribution is 7.88. The summed E-state index contributed by atoms with van der Waals surface area (Å²) in [7, 11) is -5.68. The Labute approximate surface area is 137 Å². The number of carbonyl (C=O) groups is 1. The van der Waals surface area contributed by atoms with E-state index in [0.717, 1.165) is 25.3 Å². The summed E-state index contributed by atoms with van der Waals surface area (Å²) in [6, 6.07) is 3.50. The van der Waals surface area contributed by atoms with Gasteiger partial charge in [0.1, 0.15) is 5.75 Å². The zero-order valence-corrected chi connectivity index (χ0v) is 13.6. The monoisotopic (exact) mass is 366 g/mol. The lowest BCUT2D eigenvalue weighted by Gasteiger charge is -2.16. The molecule has 1 heterocycles. The molecule has 1 aromatic rings. The largest absolute Gasteiger partial charge is 0.534 e. The molecule has 2 aliphatic rings. The van der Waals surface area contributed by atoms with Crippen molar-refractivity contribution in [3.63, 3.8) is 0 Å². The highest BCUT2D eigenvalue weighted by Gasteiger charge is 2.48. The van der Waals surface area contributed by atoms with Crippen LogP contribution in [0.25, 0.3) is 0 Å². The molecule has 0 radical (unpaired) electrons. The van der Waals surface area contributed by atoms with E-state index >= 15 is 0 Å². The van der Waals surface area contributed by atoms with Crippen LogP contribution in [0.4, 0.5) is 13.2 Å². The smallest absolute Gasteiger partial charge is 0.381 e. The van der Waals surface area contributed by atoms with Gasteiger partial charge in [-0.15, -0.1) is 0 Å². The molecular weight excluding hydrogens is 349 g/mol. The van der Waals surface area contributed by atoms with E-state index in [0.29, 0.717) is 30.4 Å². The van der Waals surface area contributed by atoms with Crippen molar-refractivity contribution in [3.8, 4) is 5.75 Å². The molecule has 24 heavy (non-hydrogen) atoms. The lowest BCUT2D eigenvalue weighted by Crippen LogP contribution is -2.28. The van der Waals surface area contributed by atoms with Crippen LogP contribution in [-0.4, -0.2) is 32.9 Å². The van der Waals surface area contributed by atoms with Crippen LogP contribution >= 0.6 is 0 Å². The second-order valence-electron chi connectivity index (χ2n) is 5.40. The van der Waals surface area contributed by atoms with E-state index in [9.17, 15) is 26.4 Å². The van der Waals surface area contributed by atoms with E-state index in [1.165, 1.54) is 18.9 Å². The van der Waals surface area contributed by atoms with Crippen LogP contribution < -0.4 is 4.18 Å². The number of halogens is 3. The van der Waals surface area contributed by atoms with Gasteiger partial charge in [0.15, 0.2) is 5.78 Å². The summed E-state index contributed by atoms with van der Waals surface area (Å²) < 4.78 is 67.1. The summed E-state index contributed by atoms with van der Waals surface area (Å²) >= 11 is 0. The number of hydrogen-bond acceptors (Lipinski definition) is 5. The summed E-state index contributed by atoms with van der Waals surface area (Å²) in [5, 5.41) is 0. The van der Waals surface area contributed by atoms with Crippen molar-refractivity contribution in [2.24, 2.45) is 0 Å². The molecule has 0 unspecified atom stereocenters. The van der Waals surface area contributed by atoms with E-state index in [4.69, 9.17) is 4.74 Å². The van der Waals surface area contributed by atoms with Gasteiger partial charge in [0.2, 0.25) is 0 Å². The van der Waals surface area contributed by atoms with Crippen LogP contribution in [0.3, 0.4) is 0 Å². The fourth-order valence-corrected chi connectivity index (χ4v) is 2.81. The van der Waals surface area contributed by atoms with Gasteiger partial charge in [-0.1, -0.05) is 0 Å². The molecule has 5 nitrogen and oxygen atoms in total. The molecule has 1 fully saturated rings. The van der Waals surface area contributed by atoms with E-state index in [2.05, 4.69) is 4.18 Å². The van der Waals surface area contributed by atoms with Gasteiger partial charge in [0, 0.05) is 25.2 Å². The Morgan fingerprint density at radius 3 is 2.25 bits per heavy atom. The zero-order valence-electron chi connectivity index (χ0n) is 12.8. The maximum absolute atomic E-state index is 12.2. The van der Waals surface area contributed by atoms with Crippen molar-refractivity contribution < 1.29 is 35.3 Å². The number of fused-ring (bicyclic) bond motifs is 1. The maximum atomic E-state index is 12.2. The van der Waals surface area contributed by atoms with Gasteiger partial charge in [0.05, 0.1) is 0 Å². The highest BCUT2D eigenvalue weighted by Crippen LogP contribution is 2.30. The Morgan fingerprint density at radius 1 is 1.04 bits per heavy atom. The predicted molar refractivity (Wildman–Crippen MR) is 79.4 cm³/mol. The van der Waals surface area contributed by atoms with Crippen LogP contribution in [0, 0.1) is 0 Å². The van der Waals surface area contributed by atoms with Crippen molar-refractivity contribution in [1.29, 1.82) is 0 Å². The minimum Gasteiger partial charge on any atom is -0.381 e. The van der Waals surface area contributed by atoms with Gasteiger partial charge in [-0.25, -0.2) is 0 Å². The van der Waals surface area contributed by atoms with Gasteiger partial charge >= 0.3 is 15.6 Å². The van der Waals surface area contributed by atoms with Gasteiger partial charge in [0.25, 0.3) is 0 Å². The minimum absolute atomic E-state index is 0.105. The van der Waals surface area contributed by atoms with Crippen LogP contribution in [0.1, 0.15) is 41.6 Å². The highest BCUT2D eigenvalue weighted by atomic mass is 32.2. The third kappa shape index (κ3) is 4.70. The van der Waals surface area contributed by atoms with Crippen molar-refractivity contribution in [3.05, 3.63) is 29.3 Å². The standard InChI is InChI=1S/C11H9F3O4S.C4H8O/c12-11(13,14)19(16,17)18-8-4-5-9-7(6-8)2-1-3-10(9)15;1-2-4-5-3-1/h4-6H,1-3H2;1-4H2. The number of carbonyl (C=O) groups excluding carboxylic acids is 1. The number of ketones is 1. The Bertz CT molecular complexity index is 686. The Morgan fingerprint density at radius 2 is 1.71 bits per heavy atom. The molecule has 0 bridgehead atoms. The summed E-state index contributed by atoms with van der Waals surface area (Å²) in [4.78, 5) is 11.5. The van der Waals surface area contributed by atoms with Crippen molar-refractivity contribution >= 4 is 15.9 Å². The molecule has 0 amide bonds. The number of rotatable bonds is 2. The molecule has 3 rings (SSSR count). The molecule has 0 saturated carbocycles. The molecule has 0 N–H and O–H groups in total. The van der Waals surface area contributed by atoms with Crippen molar-refractivity contribution in [1.82, 2.24) is 0 Å². The first kappa shape index (κ1) is 18.7. The van der Waals surface area contributed by atoms with E-state index < -0.39 is 21.4 Å². The fourth-order valence-electron chi connectivity index (χ4n) is 2.36. The number of Topliss-reactive ketones (excluding diaryl/α,β-unsaturated/α-hetero) is 1. The molecule has 0 atom stereocenters. The first-order valence-electron chi connectivity index (χ1n) is 7.45. The molecule has 9 heteroatoms. The zero-order chi connectivity index (χ0) is 17.8. The number of benzene rings is 1. The van der Waals surface area contributed by atoms with Gasteiger partial charge in [-0.3, -0.25) is 4.79 Å². The van der Waals surface area contributed by atoms with E-state index in [-0.39, 0.29) is 5.78 Å². The normalized spacial score (nSPS) is 17.7. The maximum Gasteiger partial charge on any atom is 0.534 e. The van der Waals surface area contributed by atoms with E-state index in [1.807, 2.05) is 0 Å². The van der Waals surface area contributed by atoms with Crippen LogP contribution in [0.15, 0.2) is 18.2 Å². The van der Waals surface area contributed by atoms with E-state index in [1.54, 1.807) is 0 Å². The summed E-state index contributed by atoms with van der Waals surface area (Å²) in [6.45, 7) is 2.00. The molecule has 134 valence electrons. The first-order valence-corrected chi connectivity index (χ1v) is 8.86. The lowest BCUT2D eigenvalue weighted by atomic mass is 9.91. The third-order valence-corrected chi connectivity index (χ3v) is 4.52. The molecule has 0 aromatic heterocycles. The first-order chi connectivity index (χ1) is 11.2. The lowest BCUT2D eigenvalue weighted by molar-refractivity contribution is -0.0500. The molecule has 1 aromatic carbocycles. The van der Waals surface area contributed by atoms with Crippen LogP contribution in [0.5, 0.6) is 5.75 Å². The molecule has 1 aliphatic heterocycles. The second-order valence-corrected chi connectivity index (χ2v) is 6.94. The third-order valence-electron chi connectivity index (χ3n) is 3.54. The summed E-state index contributed by atoms with van der Waals surface area (Å²) in [5.74, 6) is -0.544. The second kappa shape index (κ2) is 7.52. The van der Waals surface area contributed by atoms with Gasteiger partial charge < -0.3 is 8.92 Å². The number of ether oxygens (including phenoxy) is 1. The number of aryl methyl sites for hydroxylation is 1. The SMILES string of the molecule is C1CCOC1.O=C1CCCc2cc(OS(=O)(=O)C(F)(F)F)ccc21. The Kier molecular flexibility index (Phi) is 5.87.